The van der Waals surface area contributed by atoms with Crippen molar-refractivity contribution in [3.8, 4) is 0 Å². The molecule has 0 spiro atoms. The molecule has 0 unspecified atom stereocenters. The van der Waals surface area contributed by atoms with Gasteiger partial charge in [0.25, 0.3) is 20.2 Å². The number of aromatic nitrogens is 4. The Labute approximate surface area is 459 Å². The maximum absolute atomic E-state index is 13.1. The highest BCUT2D eigenvalue weighted by atomic mass is 32.2. The molecule has 18 heteroatoms. The molecule has 0 saturated heterocycles. The fraction of sp³-hybridized carbons (Fsp3) is 0. The van der Waals surface area contributed by atoms with Crippen LogP contribution in [0.4, 0.5) is 69.3 Å². The molecule has 10 aromatic carbocycles. The Morgan fingerprint density at radius 1 is 0.287 bits per heavy atom. The van der Waals surface area contributed by atoms with E-state index < -0.39 is 30.0 Å². The maximum atomic E-state index is 13.1. The van der Waals surface area contributed by atoms with E-state index in [1.165, 1.54) is 36.4 Å². The van der Waals surface area contributed by atoms with E-state index in [9.17, 15) is 25.9 Å². The molecule has 0 fully saturated rings. The van der Waals surface area contributed by atoms with Crippen molar-refractivity contribution < 1.29 is 25.9 Å². The smallest absolute Gasteiger partial charge is 0.295 e. The second kappa shape index (κ2) is 21.3. The summed E-state index contributed by atoms with van der Waals surface area (Å²) in [6.45, 7) is 0. The lowest BCUT2D eigenvalue weighted by molar-refractivity contribution is 0.480. The number of nitrogens with one attached hydrogen (secondary N) is 6. The molecular weight excluding hydrogens is 1040 g/mol. The molecule has 0 atom stereocenters. The van der Waals surface area contributed by atoms with Crippen molar-refractivity contribution in [1.82, 2.24) is 19.9 Å². The van der Waals surface area contributed by atoms with Gasteiger partial charge in [0.05, 0.1) is 0 Å². The average Bonchev–Trinajstić information content (AvgIpc) is 3.45. The summed E-state index contributed by atoms with van der Waals surface area (Å²) in [5, 5.41) is 28.0. The fourth-order valence-corrected chi connectivity index (χ4v) is 10.7. The molecular formula is C62H46N10O6S2. The van der Waals surface area contributed by atoms with Crippen molar-refractivity contribution in [2.24, 2.45) is 0 Å². The Morgan fingerprint density at radius 3 is 0.825 bits per heavy atom. The van der Waals surface area contributed by atoms with Gasteiger partial charge in [-0.05, 0) is 127 Å². The van der Waals surface area contributed by atoms with Crippen LogP contribution in [0.5, 0.6) is 0 Å². The molecule has 0 bridgehead atoms. The van der Waals surface area contributed by atoms with Gasteiger partial charge in [0.15, 0.2) is 0 Å². The van der Waals surface area contributed by atoms with Crippen LogP contribution in [0.1, 0.15) is 11.1 Å². The van der Waals surface area contributed by atoms with Gasteiger partial charge in [-0.2, -0.15) is 36.8 Å². The van der Waals surface area contributed by atoms with Crippen LogP contribution >= 0.6 is 0 Å². The summed E-state index contributed by atoms with van der Waals surface area (Å²) in [5.41, 5.74) is 3.51. The third-order valence-electron chi connectivity index (χ3n) is 13.1. The SMILES string of the molecule is O=S(=O)(O)c1cc(Nc2cc(Nc3ccc4ccccc4c3)nc(Nc3ccc4ccccc4c3)n2)ccc1C=Cc1ccc(Nc2cc(Nc3ccc4ccccc4c3)nc(Nc3ccc4ccccc4c3)n2)cc1S(=O)(=O)O. The molecule has 8 N–H and O–H groups in total. The lowest BCUT2D eigenvalue weighted by atomic mass is 10.1. The fourth-order valence-electron chi connectivity index (χ4n) is 9.31. The Morgan fingerprint density at radius 2 is 0.537 bits per heavy atom. The predicted octanol–water partition coefficient (Wildman–Crippen LogP) is 15.0. The lowest BCUT2D eigenvalue weighted by Gasteiger charge is -2.14. The van der Waals surface area contributed by atoms with E-state index in [2.05, 4.69) is 31.9 Å². The Hall–Kier alpha value is -10.2. The Kier molecular flexibility index (Phi) is 13.5. The highest BCUT2D eigenvalue weighted by molar-refractivity contribution is 7.86. The van der Waals surface area contributed by atoms with E-state index in [1.54, 1.807) is 24.3 Å². The summed E-state index contributed by atoms with van der Waals surface area (Å²) in [6, 6.07) is 67.3. The predicted molar refractivity (Wildman–Crippen MR) is 321 cm³/mol. The standard InChI is InChI=1S/C62H46N10O6S2/c73-79(74,75)55-35-53(65-59-37-57(63-49-25-19-39-9-1-5-13-45(39)31-49)69-61(71-59)67-51-27-21-41-11-3-7-15-47(41)33-51)29-23-43(55)17-18-44-24-30-54(36-56(44)80(76,77)78)66-60-38-58(64-50-26-20-40-10-2-6-14-46(40)32-50)70-62(72-60)68-52-28-22-42-12-4-8-16-48(42)34-52/h1-38H,(H,73,74,75)(H,76,77,78)(H3,63,65,67,69,71)(H3,64,66,68,70,72). The van der Waals surface area contributed by atoms with Gasteiger partial charge in [0, 0.05) is 46.3 Å². The van der Waals surface area contributed by atoms with Crippen LogP contribution in [0.25, 0.3) is 55.2 Å². The second-order valence-electron chi connectivity index (χ2n) is 18.7. The molecule has 16 nitrogen and oxygen atoms in total. The van der Waals surface area contributed by atoms with Crippen LogP contribution in [-0.4, -0.2) is 45.9 Å². The summed E-state index contributed by atoms with van der Waals surface area (Å²) in [6.07, 6.45) is 2.65. The summed E-state index contributed by atoms with van der Waals surface area (Å²) < 4.78 is 73.4. The number of hydrogen-bond donors (Lipinski definition) is 8. The highest BCUT2D eigenvalue weighted by Gasteiger charge is 2.19. The molecule has 0 saturated carbocycles. The molecule has 0 radical (unpaired) electrons. The van der Waals surface area contributed by atoms with Crippen LogP contribution in [0, 0.1) is 0 Å². The van der Waals surface area contributed by atoms with E-state index >= 15 is 0 Å². The van der Waals surface area contributed by atoms with Gasteiger partial charge in [-0.1, -0.05) is 146 Å². The first-order chi connectivity index (χ1) is 38.8. The molecule has 392 valence electrons. The largest absolute Gasteiger partial charge is 0.340 e. The zero-order valence-corrected chi connectivity index (χ0v) is 43.7. The minimum absolute atomic E-state index is 0.0143. The van der Waals surface area contributed by atoms with Gasteiger partial charge in [-0.25, -0.2) is 0 Å². The molecule has 2 heterocycles. The summed E-state index contributed by atoms with van der Waals surface area (Å²) >= 11 is 0. The van der Waals surface area contributed by atoms with Gasteiger partial charge in [0.1, 0.15) is 33.1 Å². The Balaban J connectivity index is 0.829. The number of anilines is 12. The number of rotatable bonds is 16. The minimum Gasteiger partial charge on any atom is -0.340 e. The van der Waals surface area contributed by atoms with Crippen LogP contribution < -0.4 is 31.9 Å². The van der Waals surface area contributed by atoms with Crippen LogP contribution in [0.15, 0.2) is 228 Å². The number of fused-ring (bicyclic) bond motifs is 4. The number of nitrogens with zero attached hydrogens (tertiary/aromatic N) is 4. The first kappa shape index (κ1) is 50.6. The topological polar surface area (TPSA) is 232 Å². The monoisotopic (exact) mass is 1090 g/mol. The van der Waals surface area contributed by atoms with Crippen LogP contribution in [-0.2, 0) is 20.2 Å². The minimum atomic E-state index is -4.88. The van der Waals surface area contributed by atoms with Gasteiger partial charge >= 0.3 is 0 Å². The van der Waals surface area contributed by atoms with Gasteiger partial charge in [0.2, 0.25) is 11.9 Å². The summed E-state index contributed by atoms with van der Waals surface area (Å²) in [4.78, 5) is 18.0. The van der Waals surface area contributed by atoms with Crippen LogP contribution in [0.3, 0.4) is 0 Å². The van der Waals surface area contributed by atoms with Gasteiger partial charge in [-0.15, -0.1) is 0 Å². The molecule has 2 aromatic heterocycles. The number of benzene rings is 10. The van der Waals surface area contributed by atoms with Gasteiger partial charge in [-0.3, -0.25) is 9.11 Å². The highest BCUT2D eigenvalue weighted by Crippen LogP contribution is 2.33. The van der Waals surface area contributed by atoms with Crippen molar-refractivity contribution in [2.75, 3.05) is 31.9 Å². The third-order valence-corrected chi connectivity index (χ3v) is 14.9. The first-order valence-electron chi connectivity index (χ1n) is 25.0. The summed E-state index contributed by atoms with van der Waals surface area (Å²) in [7, 11) is -9.76. The third kappa shape index (κ3) is 11.7. The molecule has 0 amide bonds. The summed E-state index contributed by atoms with van der Waals surface area (Å²) in [5.74, 6) is 1.85. The van der Waals surface area contributed by atoms with Crippen molar-refractivity contribution in [3.05, 3.63) is 230 Å². The first-order valence-corrected chi connectivity index (χ1v) is 27.9. The quantitative estimate of drug-likeness (QED) is 0.0332. The second-order valence-corrected chi connectivity index (χ2v) is 21.5. The molecule has 0 aliphatic rings. The molecule has 80 heavy (non-hydrogen) atoms. The van der Waals surface area contributed by atoms with E-state index in [-0.39, 0.29) is 46.0 Å². The van der Waals surface area contributed by atoms with E-state index in [0.29, 0.717) is 11.6 Å². The lowest BCUT2D eigenvalue weighted by Crippen LogP contribution is -2.06. The zero-order valence-electron chi connectivity index (χ0n) is 42.1. The normalized spacial score (nSPS) is 11.8. The molecule has 12 aromatic rings. The van der Waals surface area contributed by atoms with E-state index in [4.69, 9.17) is 19.9 Å². The number of hydrogen-bond acceptors (Lipinski definition) is 14. The van der Waals surface area contributed by atoms with Crippen LogP contribution in [0.2, 0.25) is 0 Å². The van der Waals surface area contributed by atoms with Crippen molar-refractivity contribution >= 4 is 145 Å². The van der Waals surface area contributed by atoms with Crippen molar-refractivity contribution in [1.29, 1.82) is 0 Å². The maximum Gasteiger partial charge on any atom is 0.295 e. The average molecular weight is 1090 g/mol. The van der Waals surface area contributed by atoms with Crippen molar-refractivity contribution in [2.45, 2.75) is 9.79 Å². The van der Waals surface area contributed by atoms with Crippen molar-refractivity contribution in [3.63, 3.8) is 0 Å². The Bertz CT molecular complexity index is 4170. The van der Waals surface area contributed by atoms with E-state index in [0.717, 1.165) is 65.8 Å². The molecule has 0 aliphatic heterocycles. The zero-order chi connectivity index (χ0) is 54.8. The van der Waals surface area contributed by atoms with E-state index in [1.807, 2.05) is 170 Å². The van der Waals surface area contributed by atoms with Gasteiger partial charge < -0.3 is 31.9 Å². The molecule has 0 aliphatic carbocycles. The molecule has 12 rings (SSSR count).